The van der Waals surface area contributed by atoms with Crippen LogP contribution >= 0.6 is 0 Å². The Morgan fingerprint density at radius 2 is 1.45 bits per heavy atom. The van der Waals surface area contributed by atoms with Crippen LogP contribution in [0.5, 0.6) is 11.5 Å². The number of halogens is 1. The van der Waals surface area contributed by atoms with Crippen LogP contribution in [0.4, 0.5) is 4.39 Å². The molecule has 4 heteroatoms. The molecule has 0 aliphatic rings. The number of likely N-dealkylation sites (N-methyl/N-ethyl adjacent to an activating group) is 1. The van der Waals surface area contributed by atoms with Gasteiger partial charge in [0.05, 0.1) is 6.67 Å². The fraction of sp³-hybridized carbons (Fsp3) is 0.259. The molecule has 0 aliphatic carbocycles. The molecule has 3 aromatic carbocycles. The average molecular weight is 420 g/mol. The van der Waals surface area contributed by atoms with Crippen molar-refractivity contribution in [1.82, 2.24) is 4.90 Å². The van der Waals surface area contributed by atoms with E-state index >= 15 is 0 Å². The van der Waals surface area contributed by atoms with Crippen molar-refractivity contribution in [2.24, 2.45) is 0 Å². The number of hydrogen-bond donors (Lipinski definition) is 1. The first kappa shape index (κ1) is 22.6. The summed E-state index contributed by atoms with van der Waals surface area (Å²) in [5.74, 6) is 1.04. The van der Waals surface area contributed by atoms with Crippen LogP contribution in [-0.4, -0.2) is 43.9 Å². The molecule has 162 valence electrons. The maximum absolute atomic E-state index is 13.1. The van der Waals surface area contributed by atoms with Gasteiger partial charge in [-0.05, 0) is 79.0 Å². The molecule has 0 saturated carbocycles. The lowest BCUT2D eigenvalue weighted by molar-refractivity contribution is 0.261. The average Bonchev–Trinajstić information content (AvgIpc) is 2.79. The Hall–Kier alpha value is -3.11. The summed E-state index contributed by atoms with van der Waals surface area (Å²) in [6.45, 7) is 1.11. The van der Waals surface area contributed by atoms with E-state index in [2.05, 4.69) is 17.0 Å². The standard InChI is InChI=1S/C27H30FNO2/c1-29(2)19-20-31-25-16-12-23(13-17-25)27(22-10-14-24(30)15-11-22)26(9-6-18-28)21-7-4-3-5-8-21/h3-5,7-8,10-17,30H,6,9,18-20H2,1-2H3. The highest BCUT2D eigenvalue weighted by molar-refractivity contribution is 5.98. The number of alkyl halides is 1. The Morgan fingerprint density at radius 3 is 2.03 bits per heavy atom. The predicted molar refractivity (Wildman–Crippen MR) is 126 cm³/mol. The Morgan fingerprint density at radius 1 is 0.839 bits per heavy atom. The van der Waals surface area contributed by atoms with Crippen LogP contribution in [0, 0.1) is 0 Å². The van der Waals surface area contributed by atoms with Gasteiger partial charge in [0.15, 0.2) is 0 Å². The van der Waals surface area contributed by atoms with E-state index in [0.29, 0.717) is 19.4 Å². The van der Waals surface area contributed by atoms with Gasteiger partial charge in [-0.1, -0.05) is 54.6 Å². The van der Waals surface area contributed by atoms with E-state index in [4.69, 9.17) is 4.74 Å². The minimum atomic E-state index is -0.363. The number of aromatic hydroxyl groups is 1. The molecule has 3 nitrogen and oxygen atoms in total. The summed E-state index contributed by atoms with van der Waals surface area (Å²) in [4.78, 5) is 2.08. The quantitative estimate of drug-likeness (QED) is 0.407. The molecule has 0 fully saturated rings. The molecule has 0 amide bonds. The van der Waals surface area contributed by atoms with E-state index in [-0.39, 0.29) is 12.4 Å². The summed E-state index contributed by atoms with van der Waals surface area (Å²) in [5, 5.41) is 9.78. The van der Waals surface area contributed by atoms with Crippen molar-refractivity contribution in [2.45, 2.75) is 12.8 Å². The minimum absolute atomic E-state index is 0.220. The van der Waals surface area contributed by atoms with Crippen molar-refractivity contribution in [3.05, 3.63) is 95.6 Å². The fourth-order valence-electron chi connectivity index (χ4n) is 3.50. The normalized spacial score (nSPS) is 12.0. The minimum Gasteiger partial charge on any atom is -0.508 e. The molecular formula is C27H30FNO2. The maximum atomic E-state index is 13.1. The van der Waals surface area contributed by atoms with Crippen LogP contribution in [-0.2, 0) is 0 Å². The summed E-state index contributed by atoms with van der Waals surface area (Å²) in [7, 11) is 4.04. The first-order valence-corrected chi connectivity index (χ1v) is 10.6. The number of rotatable bonds is 10. The molecule has 3 rings (SSSR count). The van der Waals surface area contributed by atoms with Gasteiger partial charge >= 0.3 is 0 Å². The Labute approximate surface area is 184 Å². The molecule has 0 spiro atoms. The number of ether oxygens (including phenoxy) is 1. The maximum Gasteiger partial charge on any atom is 0.119 e. The van der Waals surface area contributed by atoms with E-state index < -0.39 is 0 Å². The summed E-state index contributed by atoms with van der Waals surface area (Å²) in [6, 6.07) is 25.3. The number of hydrogen-bond acceptors (Lipinski definition) is 3. The van der Waals surface area contributed by atoms with Crippen LogP contribution in [0.3, 0.4) is 0 Å². The second-order valence-corrected chi connectivity index (χ2v) is 7.74. The molecule has 0 aliphatic heterocycles. The van der Waals surface area contributed by atoms with E-state index in [9.17, 15) is 9.50 Å². The zero-order valence-corrected chi connectivity index (χ0v) is 18.2. The summed E-state index contributed by atoms with van der Waals surface area (Å²) < 4.78 is 19.0. The molecule has 0 heterocycles. The van der Waals surface area contributed by atoms with Gasteiger partial charge in [0.1, 0.15) is 18.1 Å². The molecule has 0 atom stereocenters. The number of benzene rings is 3. The third-order valence-corrected chi connectivity index (χ3v) is 5.09. The molecule has 3 aromatic rings. The van der Waals surface area contributed by atoms with Gasteiger partial charge in [-0.15, -0.1) is 0 Å². The zero-order chi connectivity index (χ0) is 22.1. The van der Waals surface area contributed by atoms with Crippen molar-refractivity contribution in [2.75, 3.05) is 33.9 Å². The van der Waals surface area contributed by atoms with Crippen molar-refractivity contribution < 1.29 is 14.2 Å². The van der Waals surface area contributed by atoms with Gasteiger partial charge in [-0.25, -0.2) is 0 Å². The summed E-state index contributed by atoms with van der Waals surface area (Å²) >= 11 is 0. The van der Waals surface area contributed by atoms with Gasteiger partial charge in [0.2, 0.25) is 0 Å². The van der Waals surface area contributed by atoms with Gasteiger partial charge in [-0.3, -0.25) is 4.39 Å². The highest BCUT2D eigenvalue weighted by Gasteiger charge is 2.14. The Kier molecular flexibility index (Phi) is 8.25. The van der Waals surface area contributed by atoms with E-state index in [0.717, 1.165) is 40.1 Å². The molecule has 0 bridgehead atoms. The van der Waals surface area contributed by atoms with Gasteiger partial charge in [0.25, 0.3) is 0 Å². The van der Waals surface area contributed by atoms with Crippen LogP contribution in [0.15, 0.2) is 78.9 Å². The highest BCUT2D eigenvalue weighted by Crippen LogP contribution is 2.36. The molecular weight excluding hydrogens is 389 g/mol. The first-order valence-electron chi connectivity index (χ1n) is 10.6. The number of phenolic OH excluding ortho intramolecular Hbond substituents is 1. The molecule has 0 aromatic heterocycles. The fourth-order valence-corrected chi connectivity index (χ4v) is 3.50. The third kappa shape index (κ3) is 6.43. The lowest BCUT2D eigenvalue weighted by Crippen LogP contribution is -2.19. The molecule has 0 radical (unpaired) electrons. The number of allylic oxidation sites excluding steroid dienone is 1. The molecule has 0 unspecified atom stereocenters. The van der Waals surface area contributed by atoms with Crippen LogP contribution in [0.2, 0.25) is 0 Å². The predicted octanol–water partition coefficient (Wildman–Crippen LogP) is 6.04. The summed E-state index contributed by atoms with van der Waals surface area (Å²) in [6.07, 6.45) is 1.08. The largest absolute Gasteiger partial charge is 0.508 e. The molecule has 1 N–H and O–H groups in total. The van der Waals surface area contributed by atoms with Gasteiger partial charge < -0.3 is 14.7 Å². The topological polar surface area (TPSA) is 32.7 Å². The third-order valence-electron chi connectivity index (χ3n) is 5.09. The van der Waals surface area contributed by atoms with Crippen LogP contribution in [0.25, 0.3) is 11.1 Å². The zero-order valence-electron chi connectivity index (χ0n) is 18.2. The molecule has 0 saturated heterocycles. The smallest absolute Gasteiger partial charge is 0.119 e. The van der Waals surface area contributed by atoms with E-state index in [1.54, 1.807) is 12.1 Å². The molecule has 31 heavy (non-hydrogen) atoms. The Balaban J connectivity index is 2.05. The number of phenols is 1. The Bertz CT molecular complexity index is 964. The van der Waals surface area contributed by atoms with E-state index in [1.807, 2.05) is 68.7 Å². The van der Waals surface area contributed by atoms with Crippen molar-refractivity contribution in [3.63, 3.8) is 0 Å². The second kappa shape index (κ2) is 11.3. The van der Waals surface area contributed by atoms with Crippen LogP contribution in [0.1, 0.15) is 29.5 Å². The lowest BCUT2D eigenvalue weighted by atomic mass is 9.87. The monoisotopic (exact) mass is 419 g/mol. The van der Waals surface area contributed by atoms with Crippen molar-refractivity contribution in [3.8, 4) is 11.5 Å². The highest BCUT2D eigenvalue weighted by atomic mass is 19.1. The van der Waals surface area contributed by atoms with Crippen molar-refractivity contribution >= 4 is 11.1 Å². The SMILES string of the molecule is CN(C)CCOc1ccc(C(=C(CCCF)c2ccccc2)c2ccc(O)cc2)cc1. The van der Waals surface area contributed by atoms with Crippen LogP contribution < -0.4 is 4.74 Å². The van der Waals surface area contributed by atoms with Gasteiger partial charge in [0, 0.05) is 6.54 Å². The summed E-state index contributed by atoms with van der Waals surface area (Å²) in [5.41, 5.74) is 5.22. The van der Waals surface area contributed by atoms with E-state index in [1.165, 1.54) is 0 Å². The van der Waals surface area contributed by atoms with Gasteiger partial charge in [-0.2, -0.15) is 0 Å². The second-order valence-electron chi connectivity index (χ2n) is 7.74. The lowest BCUT2D eigenvalue weighted by Gasteiger charge is -2.18. The number of nitrogens with zero attached hydrogens (tertiary/aromatic N) is 1. The first-order chi connectivity index (χ1) is 15.1. The van der Waals surface area contributed by atoms with Crippen molar-refractivity contribution in [1.29, 1.82) is 0 Å².